The highest BCUT2D eigenvalue weighted by molar-refractivity contribution is 6.39. The quantitative estimate of drug-likeness (QED) is 0.807. The van der Waals surface area contributed by atoms with Gasteiger partial charge in [-0.25, -0.2) is 0 Å². The molecule has 2 aliphatic heterocycles. The van der Waals surface area contributed by atoms with Crippen LogP contribution in [0.15, 0.2) is 18.2 Å². The lowest BCUT2D eigenvalue weighted by Crippen LogP contribution is -2.55. The van der Waals surface area contributed by atoms with Crippen LogP contribution in [0.25, 0.3) is 0 Å². The molecule has 2 fully saturated rings. The highest BCUT2D eigenvalue weighted by Crippen LogP contribution is 2.30. The van der Waals surface area contributed by atoms with Crippen molar-refractivity contribution < 1.29 is 9.59 Å². The van der Waals surface area contributed by atoms with Gasteiger partial charge in [0.05, 0.1) is 28.4 Å². The normalized spacial score (nSPS) is 23.8. The Kier molecular flexibility index (Phi) is 6.31. The number of nitrogens with zero attached hydrogens (tertiary/aromatic N) is 3. The van der Waals surface area contributed by atoms with Crippen LogP contribution in [0.5, 0.6) is 0 Å². The number of piperazine rings is 1. The molecule has 2 unspecified atom stereocenters. The largest absolute Gasteiger partial charge is 0.326 e. The fourth-order valence-electron chi connectivity index (χ4n) is 3.85. The summed E-state index contributed by atoms with van der Waals surface area (Å²) in [7, 11) is 0. The molecule has 8 heteroatoms. The van der Waals surface area contributed by atoms with Crippen LogP contribution in [-0.2, 0) is 9.59 Å². The molecule has 148 valence electrons. The van der Waals surface area contributed by atoms with Crippen molar-refractivity contribution in [3.8, 4) is 0 Å². The predicted octanol–water partition coefficient (Wildman–Crippen LogP) is 2.76. The zero-order valence-corrected chi connectivity index (χ0v) is 17.4. The minimum Gasteiger partial charge on any atom is -0.326 e. The Labute approximate surface area is 170 Å². The lowest BCUT2D eigenvalue weighted by molar-refractivity contribution is -0.131. The number of rotatable bonds is 5. The molecule has 0 saturated carbocycles. The van der Waals surface area contributed by atoms with Gasteiger partial charge in [-0.05, 0) is 25.0 Å². The maximum atomic E-state index is 12.8. The van der Waals surface area contributed by atoms with E-state index in [-0.39, 0.29) is 30.6 Å². The molecule has 1 aromatic carbocycles. The van der Waals surface area contributed by atoms with Crippen molar-refractivity contribution in [3.05, 3.63) is 28.2 Å². The van der Waals surface area contributed by atoms with Crippen molar-refractivity contribution in [3.63, 3.8) is 0 Å². The van der Waals surface area contributed by atoms with Gasteiger partial charge < -0.3 is 10.2 Å². The summed E-state index contributed by atoms with van der Waals surface area (Å²) in [4.78, 5) is 31.5. The molecule has 0 aliphatic carbocycles. The van der Waals surface area contributed by atoms with E-state index >= 15 is 0 Å². The monoisotopic (exact) mass is 412 g/mol. The average Bonchev–Trinajstić information content (AvgIpc) is 2.82. The molecule has 0 radical (unpaired) electrons. The summed E-state index contributed by atoms with van der Waals surface area (Å²) < 4.78 is 0. The van der Waals surface area contributed by atoms with Gasteiger partial charge in [-0.1, -0.05) is 43.1 Å². The van der Waals surface area contributed by atoms with Crippen LogP contribution in [0.3, 0.4) is 0 Å². The summed E-state index contributed by atoms with van der Waals surface area (Å²) in [5.41, 5.74) is 0.429. The fraction of sp³-hybridized carbons (Fsp3) is 0.579. The highest BCUT2D eigenvalue weighted by atomic mass is 35.5. The second-order valence-corrected chi connectivity index (χ2v) is 8.46. The molecule has 1 N–H and O–H groups in total. The second-order valence-electron chi connectivity index (χ2n) is 7.65. The van der Waals surface area contributed by atoms with E-state index in [0.717, 1.165) is 19.6 Å². The van der Waals surface area contributed by atoms with Gasteiger partial charge >= 0.3 is 0 Å². The van der Waals surface area contributed by atoms with Crippen LogP contribution in [0, 0.1) is 5.92 Å². The summed E-state index contributed by atoms with van der Waals surface area (Å²) in [6.07, 6.45) is 0.114. The van der Waals surface area contributed by atoms with Crippen molar-refractivity contribution in [1.82, 2.24) is 14.7 Å². The number of amides is 2. The number of hydrogen-bond donors (Lipinski definition) is 1. The van der Waals surface area contributed by atoms with E-state index in [2.05, 4.69) is 31.0 Å². The zero-order chi connectivity index (χ0) is 19.7. The third-order valence-corrected chi connectivity index (χ3v) is 5.79. The van der Waals surface area contributed by atoms with E-state index in [4.69, 9.17) is 23.2 Å². The standard InChI is InChI=1S/C19H26Cl2N4O2/c1-12(2)9-25-13(3)24-8-7-23(10-16(24)19(25)27)11-17(26)22-18-14(20)5-4-6-15(18)21/h4-6,12-13,16H,7-11H2,1-3H3,(H,22,26). The van der Waals surface area contributed by atoms with Crippen LogP contribution in [0.1, 0.15) is 20.8 Å². The van der Waals surface area contributed by atoms with Gasteiger partial charge in [-0.3, -0.25) is 19.4 Å². The van der Waals surface area contributed by atoms with Gasteiger partial charge in [0.25, 0.3) is 0 Å². The van der Waals surface area contributed by atoms with Crippen molar-refractivity contribution in [1.29, 1.82) is 0 Å². The first-order chi connectivity index (χ1) is 12.8. The number of anilines is 1. The van der Waals surface area contributed by atoms with E-state index in [0.29, 0.717) is 28.2 Å². The first-order valence-corrected chi connectivity index (χ1v) is 10.1. The van der Waals surface area contributed by atoms with Gasteiger partial charge in [0, 0.05) is 26.2 Å². The Bertz CT molecular complexity index is 707. The van der Waals surface area contributed by atoms with Crippen molar-refractivity contribution in [2.75, 3.05) is 38.0 Å². The first kappa shape index (κ1) is 20.4. The molecule has 2 atom stereocenters. The third kappa shape index (κ3) is 4.40. The molecule has 2 heterocycles. The molecular formula is C19H26Cl2N4O2. The summed E-state index contributed by atoms with van der Waals surface area (Å²) in [6.45, 7) is 9.36. The molecule has 27 heavy (non-hydrogen) atoms. The maximum Gasteiger partial charge on any atom is 0.242 e. The molecule has 6 nitrogen and oxygen atoms in total. The molecular weight excluding hydrogens is 387 g/mol. The Morgan fingerprint density at radius 3 is 2.56 bits per heavy atom. The lowest BCUT2D eigenvalue weighted by atomic mass is 10.1. The molecule has 2 aliphatic rings. The first-order valence-electron chi connectivity index (χ1n) is 9.30. The lowest BCUT2D eigenvalue weighted by Gasteiger charge is -2.37. The molecule has 2 saturated heterocycles. The summed E-state index contributed by atoms with van der Waals surface area (Å²) in [5, 5.41) is 3.60. The van der Waals surface area contributed by atoms with Gasteiger partial charge in [-0.2, -0.15) is 0 Å². The number of para-hydroxylation sites is 1. The predicted molar refractivity (Wildman–Crippen MR) is 108 cm³/mol. The van der Waals surface area contributed by atoms with Crippen LogP contribution >= 0.6 is 23.2 Å². The number of nitrogens with one attached hydrogen (secondary N) is 1. The van der Waals surface area contributed by atoms with Crippen LogP contribution in [0.2, 0.25) is 10.0 Å². The number of fused-ring (bicyclic) bond motifs is 1. The van der Waals surface area contributed by atoms with Gasteiger partial charge in [-0.15, -0.1) is 0 Å². The zero-order valence-electron chi connectivity index (χ0n) is 15.9. The van der Waals surface area contributed by atoms with Gasteiger partial charge in [0.15, 0.2) is 0 Å². The van der Waals surface area contributed by atoms with Crippen molar-refractivity contribution in [2.45, 2.75) is 33.0 Å². The van der Waals surface area contributed by atoms with E-state index in [9.17, 15) is 9.59 Å². The Morgan fingerprint density at radius 2 is 1.93 bits per heavy atom. The molecule has 1 aromatic rings. The SMILES string of the molecule is CC(C)CN1C(=O)C2CN(CC(=O)Nc3c(Cl)cccc3Cl)CCN2C1C. The van der Waals surface area contributed by atoms with E-state index < -0.39 is 0 Å². The number of benzene rings is 1. The molecule has 0 spiro atoms. The fourth-order valence-corrected chi connectivity index (χ4v) is 4.35. The van der Waals surface area contributed by atoms with Gasteiger partial charge in [0.1, 0.15) is 6.04 Å². The van der Waals surface area contributed by atoms with Crippen LogP contribution in [-0.4, -0.2) is 71.4 Å². The molecule has 0 bridgehead atoms. The summed E-state index contributed by atoms with van der Waals surface area (Å²) in [5.74, 6) is 0.409. The van der Waals surface area contributed by atoms with Crippen molar-refractivity contribution >= 4 is 40.7 Å². The van der Waals surface area contributed by atoms with Crippen LogP contribution < -0.4 is 5.32 Å². The molecule has 0 aromatic heterocycles. The number of carbonyl (C=O) groups excluding carboxylic acids is 2. The third-order valence-electron chi connectivity index (χ3n) is 5.16. The molecule has 3 rings (SSSR count). The van der Waals surface area contributed by atoms with E-state index in [1.807, 2.05) is 9.80 Å². The Morgan fingerprint density at radius 1 is 1.26 bits per heavy atom. The Balaban J connectivity index is 1.61. The van der Waals surface area contributed by atoms with Crippen molar-refractivity contribution in [2.24, 2.45) is 5.92 Å². The number of hydrogen-bond acceptors (Lipinski definition) is 4. The molecule has 2 amide bonds. The minimum absolute atomic E-state index is 0.114. The average molecular weight is 413 g/mol. The maximum absolute atomic E-state index is 12.8. The number of carbonyl (C=O) groups is 2. The van der Waals surface area contributed by atoms with E-state index in [1.165, 1.54) is 0 Å². The summed E-state index contributed by atoms with van der Waals surface area (Å²) >= 11 is 12.2. The van der Waals surface area contributed by atoms with Gasteiger partial charge in [0.2, 0.25) is 11.8 Å². The smallest absolute Gasteiger partial charge is 0.242 e. The second kappa shape index (κ2) is 8.35. The minimum atomic E-state index is -0.184. The van der Waals surface area contributed by atoms with Crippen LogP contribution in [0.4, 0.5) is 5.69 Å². The topological polar surface area (TPSA) is 55.9 Å². The number of halogens is 2. The summed E-state index contributed by atoms with van der Waals surface area (Å²) in [6, 6.07) is 4.92. The van der Waals surface area contributed by atoms with E-state index in [1.54, 1.807) is 18.2 Å². The Hall–Kier alpha value is -1.34. The highest BCUT2D eigenvalue weighted by Gasteiger charge is 2.46.